The predicted molar refractivity (Wildman–Crippen MR) is 89.6 cm³/mol. The molecule has 0 fully saturated rings. The van der Waals surface area contributed by atoms with Crippen molar-refractivity contribution in [2.45, 2.75) is 34.6 Å². The Labute approximate surface area is 136 Å². The van der Waals surface area contributed by atoms with Crippen LogP contribution in [0, 0.1) is 19.3 Å². The number of aromatic nitrogens is 4. The largest absolute Gasteiger partial charge is 0.367 e. The summed E-state index contributed by atoms with van der Waals surface area (Å²) < 4.78 is 1.76. The molecule has 0 saturated heterocycles. The van der Waals surface area contributed by atoms with Crippen LogP contribution in [0.25, 0.3) is 5.82 Å². The second-order valence-electron chi connectivity index (χ2n) is 6.55. The summed E-state index contributed by atoms with van der Waals surface area (Å²) in [4.78, 5) is 11.7. The van der Waals surface area contributed by atoms with Crippen LogP contribution in [-0.4, -0.2) is 39.0 Å². The summed E-state index contributed by atoms with van der Waals surface area (Å²) in [6.07, 6.45) is 0. The van der Waals surface area contributed by atoms with E-state index in [4.69, 9.17) is 0 Å². The number of hydrogen-bond acceptors (Lipinski definition) is 5. The maximum Gasteiger partial charge on any atom is 0.225 e. The molecule has 0 aliphatic carbocycles. The summed E-state index contributed by atoms with van der Waals surface area (Å²) in [5.74, 6) is 1.38. The van der Waals surface area contributed by atoms with E-state index in [1.54, 1.807) is 4.68 Å². The van der Waals surface area contributed by atoms with Crippen molar-refractivity contribution in [2.24, 2.45) is 5.41 Å². The molecule has 1 amide bonds. The van der Waals surface area contributed by atoms with Crippen LogP contribution in [0.2, 0.25) is 0 Å². The first-order valence-corrected chi connectivity index (χ1v) is 7.67. The van der Waals surface area contributed by atoms with Gasteiger partial charge in [-0.3, -0.25) is 4.79 Å². The minimum atomic E-state index is -0.374. The van der Waals surface area contributed by atoms with Crippen molar-refractivity contribution in [2.75, 3.05) is 18.4 Å². The molecule has 7 heteroatoms. The number of rotatable bonds is 5. The van der Waals surface area contributed by atoms with Gasteiger partial charge in [0.05, 0.1) is 5.69 Å². The number of hydrogen-bond donors (Lipinski definition) is 2. The van der Waals surface area contributed by atoms with E-state index in [0.717, 1.165) is 11.4 Å². The average molecular weight is 316 g/mol. The second-order valence-corrected chi connectivity index (χ2v) is 6.55. The van der Waals surface area contributed by atoms with Gasteiger partial charge < -0.3 is 10.6 Å². The lowest BCUT2D eigenvalue weighted by molar-refractivity contribution is -0.128. The maximum absolute atomic E-state index is 11.7. The van der Waals surface area contributed by atoms with E-state index >= 15 is 0 Å². The highest BCUT2D eigenvalue weighted by Gasteiger charge is 2.20. The average Bonchev–Trinajstić information content (AvgIpc) is 2.82. The first-order chi connectivity index (χ1) is 10.8. The van der Waals surface area contributed by atoms with Crippen LogP contribution >= 0.6 is 0 Å². The minimum Gasteiger partial charge on any atom is -0.367 e. The second kappa shape index (κ2) is 6.76. The highest BCUT2D eigenvalue weighted by molar-refractivity contribution is 5.81. The molecule has 0 unspecified atom stereocenters. The Morgan fingerprint density at radius 1 is 1.17 bits per heavy atom. The third kappa shape index (κ3) is 4.51. The fraction of sp³-hybridized carbons (Fsp3) is 0.500. The lowest BCUT2D eigenvalue weighted by Gasteiger charge is -2.17. The Morgan fingerprint density at radius 3 is 2.43 bits per heavy atom. The molecule has 2 N–H and O–H groups in total. The van der Waals surface area contributed by atoms with Gasteiger partial charge in [0.15, 0.2) is 5.82 Å². The molecule has 0 atom stereocenters. The van der Waals surface area contributed by atoms with E-state index in [1.165, 1.54) is 0 Å². The van der Waals surface area contributed by atoms with Crippen molar-refractivity contribution in [3.63, 3.8) is 0 Å². The summed E-state index contributed by atoms with van der Waals surface area (Å²) in [7, 11) is 0. The topological polar surface area (TPSA) is 84.7 Å². The van der Waals surface area contributed by atoms with Crippen molar-refractivity contribution in [3.05, 3.63) is 29.6 Å². The molecule has 0 saturated carbocycles. The Hall–Kier alpha value is -2.44. The third-order valence-corrected chi connectivity index (χ3v) is 3.27. The SMILES string of the molecule is Cc1cc(C)n(-c2ccc(NCCNC(=O)C(C)(C)C)nn2)n1. The van der Waals surface area contributed by atoms with Crippen LogP contribution < -0.4 is 10.6 Å². The lowest BCUT2D eigenvalue weighted by atomic mass is 9.96. The molecule has 7 nitrogen and oxygen atoms in total. The van der Waals surface area contributed by atoms with Crippen LogP contribution in [0.15, 0.2) is 18.2 Å². The van der Waals surface area contributed by atoms with Gasteiger partial charge in [-0.1, -0.05) is 20.8 Å². The van der Waals surface area contributed by atoms with E-state index in [0.29, 0.717) is 24.7 Å². The van der Waals surface area contributed by atoms with Gasteiger partial charge in [0.1, 0.15) is 5.82 Å². The number of nitrogens with zero attached hydrogens (tertiary/aromatic N) is 4. The molecule has 23 heavy (non-hydrogen) atoms. The molecule has 2 aromatic rings. The number of nitrogens with one attached hydrogen (secondary N) is 2. The summed E-state index contributed by atoms with van der Waals surface area (Å²) in [6, 6.07) is 5.71. The lowest BCUT2D eigenvalue weighted by Crippen LogP contribution is -2.37. The minimum absolute atomic E-state index is 0.0326. The van der Waals surface area contributed by atoms with Gasteiger partial charge >= 0.3 is 0 Å². The highest BCUT2D eigenvalue weighted by atomic mass is 16.2. The smallest absolute Gasteiger partial charge is 0.225 e. The summed E-state index contributed by atoms with van der Waals surface area (Å²) in [6.45, 7) is 10.7. The number of anilines is 1. The summed E-state index contributed by atoms with van der Waals surface area (Å²) in [5, 5.41) is 18.7. The molecule has 0 spiro atoms. The molecule has 2 heterocycles. The Bertz CT molecular complexity index is 669. The molecule has 124 valence electrons. The zero-order valence-corrected chi connectivity index (χ0v) is 14.3. The number of carbonyl (C=O) groups is 1. The molecule has 2 aromatic heterocycles. The van der Waals surface area contributed by atoms with Crippen LogP contribution in [0.4, 0.5) is 5.82 Å². The number of carbonyl (C=O) groups excluding carboxylic acids is 1. The van der Waals surface area contributed by atoms with Gasteiger partial charge in [-0.25, -0.2) is 4.68 Å². The quantitative estimate of drug-likeness (QED) is 0.822. The maximum atomic E-state index is 11.7. The van der Waals surface area contributed by atoms with Crippen LogP contribution in [0.3, 0.4) is 0 Å². The molecule has 0 aliphatic heterocycles. The highest BCUT2D eigenvalue weighted by Crippen LogP contribution is 2.12. The van der Waals surface area contributed by atoms with Crippen molar-refractivity contribution in [3.8, 4) is 5.82 Å². The van der Waals surface area contributed by atoms with Crippen molar-refractivity contribution >= 4 is 11.7 Å². The van der Waals surface area contributed by atoms with E-state index in [9.17, 15) is 4.79 Å². The summed E-state index contributed by atoms with van der Waals surface area (Å²) >= 11 is 0. The van der Waals surface area contributed by atoms with E-state index in [1.807, 2.05) is 52.8 Å². The van der Waals surface area contributed by atoms with Crippen LogP contribution in [0.1, 0.15) is 32.2 Å². The van der Waals surface area contributed by atoms with Gasteiger partial charge in [-0.15, -0.1) is 10.2 Å². The van der Waals surface area contributed by atoms with Gasteiger partial charge in [-0.05, 0) is 32.0 Å². The Morgan fingerprint density at radius 2 is 1.91 bits per heavy atom. The monoisotopic (exact) mass is 316 g/mol. The van der Waals surface area contributed by atoms with Crippen molar-refractivity contribution in [1.82, 2.24) is 25.3 Å². The van der Waals surface area contributed by atoms with Gasteiger partial charge in [0, 0.05) is 24.2 Å². The Kier molecular flexibility index (Phi) is 4.98. The van der Waals surface area contributed by atoms with Gasteiger partial charge in [0.25, 0.3) is 0 Å². The van der Waals surface area contributed by atoms with Crippen LogP contribution in [0.5, 0.6) is 0 Å². The Balaban J connectivity index is 1.86. The molecule has 0 aliphatic rings. The van der Waals surface area contributed by atoms with Gasteiger partial charge in [-0.2, -0.15) is 5.10 Å². The fourth-order valence-corrected chi connectivity index (χ4v) is 2.03. The van der Waals surface area contributed by atoms with Gasteiger partial charge in [0.2, 0.25) is 5.91 Å². The molecule has 0 aromatic carbocycles. The zero-order chi connectivity index (χ0) is 17.0. The molecule has 2 rings (SSSR count). The molecule has 0 radical (unpaired) electrons. The number of aryl methyl sites for hydroxylation is 2. The number of amides is 1. The molecule has 0 bridgehead atoms. The van der Waals surface area contributed by atoms with E-state index in [-0.39, 0.29) is 11.3 Å². The van der Waals surface area contributed by atoms with Crippen molar-refractivity contribution in [1.29, 1.82) is 0 Å². The first kappa shape index (κ1) is 16.9. The summed E-state index contributed by atoms with van der Waals surface area (Å²) in [5.41, 5.74) is 1.59. The standard InChI is InChI=1S/C16H24N6O/c1-11-10-12(2)22(21-11)14-7-6-13(19-20-14)17-8-9-18-15(23)16(3,4)5/h6-7,10H,8-9H2,1-5H3,(H,17,19)(H,18,23). The van der Waals surface area contributed by atoms with E-state index in [2.05, 4.69) is 25.9 Å². The predicted octanol–water partition coefficient (Wildman–Crippen LogP) is 1.85. The van der Waals surface area contributed by atoms with Crippen molar-refractivity contribution < 1.29 is 4.79 Å². The van der Waals surface area contributed by atoms with E-state index < -0.39 is 0 Å². The molecular formula is C16H24N6O. The fourth-order valence-electron chi connectivity index (χ4n) is 2.03. The van der Waals surface area contributed by atoms with Crippen LogP contribution in [-0.2, 0) is 4.79 Å². The third-order valence-electron chi connectivity index (χ3n) is 3.27. The zero-order valence-electron chi connectivity index (χ0n) is 14.3. The molecular weight excluding hydrogens is 292 g/mol. The normalized spacial score (nSPS) is 11.3. The first-order valence-electron chi connectivity index (χ1n) is 7.67.